The van der Waals surface area contributed by atoms with E-state index in [-0.39, 0.29) is 4.90 Å². The second-order valence-corrected chi connectivity index (χ2v) is 9.45. The van der Waals surface area contributed by atoms with Gasteiger partial charge in [-0.2, -0.15) is 8.42 Å². The number of aryl methyl sites for hydroxylation is 1. The van der Waals surface area contributed by atoms with Gasteiger partial charge >= 0.3 is 0 Å². The summed E-state index contributed by atoms with van der Waals surface area (Å²) in [4.78, 5) is 0.0347. The van der Waals surface area contributed by atoms with Crippen LogP contribution in [0.3, 0.4) is 0 Å². The highest BCUT2D eigenvalue weighted by atomic mass is 32.2. The van der Waals surface area contributed by atoms with Crippen LogP contribution in [0.1, 0.15) is 45.6 Å². The molecule has 0 bridgehead atoms. The molecule has 160 valence electrons. The van der Waals surface area contributed by atoms with Crippen LogP contribution in [0.4, 0.5) is 0 Å². The predicted molar refractivity (Wildman–Crippen MR) is 105 cm³/mol. The third-order valence-electron chi connectivity index (χ3n) is 4.91. The van der Waals surface area contributed by atoms with Crippen molar-refractivity contribution in [2.75, 3.05) is 6.61 Å². The first-order chi connectivity index (χ1) is 13.6. The molecule has 2 heterocycles. The lowest BCUT2D eigenvalue weighted by atomic mass is 9.93. The second kappa shape index (κ2) is 8.34. The number of benzene rings is 1. The number of unbranched alkanes of at least 4 members (excludes halogenated alkanes) is 2. The van der Waals surface area contributed by atoms with Crippen LogP contribution in [0.5, 0.6) is 0 Å². The first-order valence-corrected chi connectivity index (χ1v) is 11.2. The minimum Gasteiger partial charge on any atom is -0.372 e. The maximum Gasteiger partial charge on any atom is 0.297 e. The largest absolute Gasteiger partial charge is 0.372 e. The second-order valence-electron chi connectivity index (χ2n) is 7.83. The van der Waals surface area contributed by atoms with Crippen molar-refractivity contribution < 1.29 is 31.9 Å². The van der Waals surface area contributed by atoms with Gasteiger partial charge < -0.3 is 19.3 Å². The van der Waals surface area contributed by atoms with Crippen molar-refractivity contribution in [3.8, 4) is 11.8 Å². The van der Waals surface area contributed by atoms with E-state index in [2.05, 4.69) is 11.8 Å². The summed E-state index contributed by atoms with van der Waals surface area (Å²) in [6.45, 7) is 6.94. The first-order valence-electron chi connectivity index (χ1n) is 9.77. The molecule has 7 nitrogen and oxygen atoms in total. The van der Waals surface area contributed by atoms with Crippen molar-refractivity contribution in [3.63, 3.8) is 0 Å². The zero-order valence-corrected chi connectivity index (χ0v) is 18.0. The topological polar surface area (TPSA) is 91.3 Å². The Kier molecular flexibility index (Phi) is 6.39. The molecule has 1 aromatic rings. The van der Waals surface area contributed by atoms with Gasteiger partial charge in [0.1, 0.15) is 6.10 Å². The fourth-order valence-corrected chi connectivity index (χ4v) is 4.20. The van der Waals surface area contributed by atoms with E-state index in [1.54, 1.807) is 26.0 Å². The molecule has 1 N–H and O–H groups in total. The average Bonchev–Trinajstić information content (AvgIpc) is 3.09. The smallest absolute Gasteiger partial charge is 0.297 e. The van der Waals surface area contributed by atoms with E-state index >= 15 is 0 Å². The molecule has 2 aliphatic rings. The molecule has 0 spiro atoms. The standard InChI is InChI=1S/C21H28O7S/c1-5-6-7-8-13-21(22)17(26-19-18(21)27-20(3,4)28-19)14-25-29(23,24)16-11-9-15(2)10-12-16/h9-12,17-19,22H,5-7,14H2,1-4H3/t17?,18-,19+,21+/m0/s1. The summed E-state index contributed by atoms with van der Waals surface area (Å²) in [6.07, 6.45) is -0.278. The summed E-state index contributed by atoms with van der Waals surface area (Å²) >= 11 is 0. The van der Waals surface area contributed by atoms with Crippen LogP contribution >= 0.6 is 0 Å². The van der Waals surface area contributed by atoms with Gasteiger partial charge in [-0.3, -0.25) is 4.18 Å². The Balaban J connectivity index is 1.77. The minimum absolute atomic E-state index is 0.0347. The van der Waals surface area contributed by atoms with E-state index in [1.165, 1.54) is 12.1 Å². The van der Waals surface area contributed by atoms with Gasteiger partial charge in [0.15, 0.2) is 23.8 Å². The van der Waals surface area contributed by atoms with Crippen LogP contribution in [0.15, 0.2) is 29.2 Å². The van der Waals surface area contributed by atoms with Gasteiger partial charge in [0.05, 0.1) is 11.5 Å². The quantitative estimate of drug-likeness (QED) is 0.426. The molecule has 3 rings (SSSR count). The van der Waals surface area contributed by atoms with Gasteiger partial charge in [-0.1, -0.05) is 37.0 Å². The number of rotatable bonds is 6. The Morgan fingerprint density at radius 1 is 1.21 bits per heavy atom. The van der Waals surface area contributed by atoms with Crippen molar-refractivity contribution in [3.05, 3.63) is 29.8 Å². The van der Waals surface area contributed by atoms with Crippen molar-refractivity contribution in [1.82, 2.24) is 0 Å². The lowest BCUT2D eigenvalue weighted by Crippen LogP contribution is -2.49. The van der Waals surface area contributed by atoms with E-state index in [9.17, 15) is 13.5 Å². The van der Waals surface area contributed by atoms with Crippen LogP contribution in [-0.4, -0.2) is 50.0 Å². The summed E-state index contributed by atoms with van der Waals surface area (Å²) in [5.74, 6) is 4.85. The summed E-state index contributed by atoms with van der Waals surface area (Å²) in [5, 5.41) is 11.3. The summed E-state index contributed by atoms with van der Waals surface area (Å²) in [7, 11) is -4.01. The number of aliphatic hydroxyl groups is 1. The molecular weight excluding hydrogens is 396 g/mol. The van der Waals surface area contributed by atoms with Crippen molar-refractivity contribution in [2.45, 2.75) is 81.7 Å². The normalized spacial score (nSPS) is 30.6. The van der Waals surface area contributed by atoms with Crippen molar-refractivity contribution in [2.24, 2.45) is 0 Å². The third-order valence-corrected chi connectivity index (χ3v) is 6.21. The lowest BCUT2D eigenvalue weighted by Gasteiger charge is -2.29. The summed E-state index contributed by atoms with van der Waals surface area (Å²) in [5.41, 5.74) is -0.806. The number of fused-ring (bicyclic) bond motifs is 1. The average molecular weight is 425 g/mol. The molecule has 8 heteroatoms. The van der Waals surface area contributed by atoms with Gasteiger partial charge in [-0.15, -0.1) is 5.92 Å². The Labute approximate surface area is 172 Å². The van der Waals surface area contributed by atoms with Crippen LogP contribution < -0.4 is 0 Å². The summed E-state index contributed by atoms with van der Waals surface area (Å²) in [6, 6.07) is 6.32. The SMILES string of the molecule is CCCCC#C[C@@]1(O)C(COS(=O)(=O)c2ccc(C)cc2)O[C@@H]2OC(C)(C)O[C@@H]21. The number of ether oxygens (including phenoxy) is 3. The first kappa shape index (κ1) is 22.2. The molecule has 4 atom stereocenters. The maximum absolute atomic E-state index is 12.5. The van der Waals surface area contributed by atoms with Gasteiger partial charge in [0.2, 0.25) is 0 Å². The zero-order chi connectivity index (χ0) is 21.3. The molecule has 0 amide bonds. The molecular formula is C21H28O7S. The van der Waals surface area contributed by atoms with E-state index in [1.807, 2.05) is 13.8 Å². The predicted octanol–water partition coefficient (Wildman–Crippen LogP) is 2.50. The molecule has 2 aliphatic heterocycles. The number of hydrogen-bond donors (Lipinski definition) is 1. The van der Waals surface area contributed by atoms with Crippen LogP contribution in [0.25, 0.3) is 0 Å². The molecule has 0 aliphatic carbocycles. The molecule has 2 fully saturated rings. The van der Waals surface area contributed by atoms with E-state index in [0.717, 1.165) is 18.4 Å². The monoisotopic (exact) mass is 424 g/mol. The molecule has 29 heavy (non-hydrogen) atoms. The maximum atomic E-state index is 12.5. The minimum atomic E-state index is -4.01. The van der Waals surface area contributed by atoms with Crippen LogP contribution in [0.2, 0.25) is 0 Å². The molecule has 0 aromatic heterocycles. The van der Waals surface area contributed by atoms with E-state index < -0.39 is 46.6 Å². The third kappa shape index (κ3) is 4.82. The number of hydrogen-bond acceptors (Lipinski definition) is 7. The fourth-order valence-electron chi connectivity index (χ4n) is 3.29. The fraction of sp³-hybridized carbons (Fsp3) is 0.619. The van der Waals surface area contributed by atoms with E-state index in [0.29, 0.717) is 6.42 Å². The Morgan fingerprint density at radius 3 is 2.55 bits per heavy atom. The van der Waals surface area contributed by atoms with Crippen LogP contribution in [-0.2, 0) is 28.5 Å². The molecule has 2 saturated heterocycles. The lowest BCUT2D eigenvalue weighted by molar-refractivity contribution is -0.224. The van der Waals surface area contributed by atoms with Crippen LogP contribution in [0, 0.1) is 18.8 Å². The Hall–Kier alpha value is -1.47. The highest BCUT2D eigenvalue weighted by Gasteiger charge is 2.63. The Morgan fingerprint density at radius 2 is 1.90 bits per heavy atom. The van der Waals surface area contributed by atoms with Gasteiger partial charge in [0, 0.05) is 6.42 Å². The molecule has 1 aromatic carbocycles. The van der Waals surface area contributed by atoms with Crippen molar-refractivity contribution >= 4 is 10.1 Å². The van der Waals surface area contributed by atoms with Gasteiger partial charge in [0.25, 0.3) is 10.1 Å². The molecule has 1 unspecified atom stereocenters. The van der Waals surface area contributed by atoms with Crippen molar-refractivity contribution in [1.29, 1.82) is 0 Å². The van der Waals surface area contributed by atoms with Gasteiger partial charge in [-0.05, 0) is 39.3 Å². The zero-order valence-electron chi connectivity index (χ0n) is 17.2. The van der Waals surface area contributed by atoms with Gasteiger partial charge in [-0.25, -0.2) is 0 Å². The molecule has 0 radical (unpaired) electrons. The highest BCUT2D eigenvalue weighted by molar-refractivity contribution is 7.86. The molecule has 0 saturated carbocycles. The Bertz CT molecular complexity index is 882. The van der Waals surface area contributed by atoms with E-state index in [4.69, 9.17) is 18.4 Å². The highest BCUT2D eigenvalue weighted by Crippen LogP contribution is 2.43. The summed E-state index contributed by atoms with van der Waals surface area (Å²) < 4.78 is 47.4.